The summed E-state index contributed by atoms with van der Waals surface area (Å²) in [6.07, 6.45) is 5.37. The third-order valence-electron chi connectivity index (χ3n) is 7.52. The predicted octanol–water partition coefficient (Wildman–Crippen LogP) is 4.77. The average Bonchev–Trinajstić information content (AvgIpc) is 3.00. The molecule has 4 atom stereocenters. The maximum absolute atomic E-state index is 13.5. The molecule has 4 N–H and O–H groups in total. The number of allylic oxidation sites excluding steroid dienone is 3. The van der Waals surface area contributed by atoms with Gasteiger partial charge in [0.15, 0.2) is 6.61 Å². The van der Waals surface area contributed by atoms with Crippen molar-refractivity contribution in [3.8, 4) is 5.75 Å². The number of para-hydroxylation sites is 1. The molecule has 0 spiro atoms. The number of rotatable bonds is 18. The Morgan fingerprint density at radius 2 is 1.69 bits per heavy atom. The van der Waals surface area contributed by atoms with Crippen molar-refractivity contribution in [1.82, 2.24) is 20.9 Å². The molecule has 2 aromatic rings. The van der Waals surface area contributed by atoms with Crippen molar-refractivity contribution in [2.75, 3.05) is 20.2 Å². The number of ether oxygens (including phenoxy) is 1. The molecule has 0 saturated carbocycles. The fourth-order valence-corrected chi connectivity index (χ4v) is 5.15. The highest BCUT2D eigenvalue weighted by Gasteiger charge is 2.30. The molecule has 4 amide bonds. The molecule has 0 unspecified atom stereocenters. The van der Waals surface area contributed by atoms with Crippen LogP contribution in [0.5, 0.6) is 5.75 Å². The molecule has 2 rings (SSSR count). The van der Waals surface area contributed by atoms with E-state index >= 15 is 0 Å². The van der Waals surface area contributed by atoms with Gasteiger partial charge in [0.25, 0.3) is 5.91 Å². The van der Waals surface area contributed by atoms with Crippen LogP contribution in [0.1, 0.15) is 49.8 Å². The topological polar surface area (TPSA) is 120 Å². The Labute approximate surface area is 268 Å². The zero-order valence-corrected chi connectivity index (χ0v) is 27.3. The second-order valence-electron chi connectivity index (χ2n) is 11.2. The lowest BCUT2D eigenvalue weighted by molar-refractivity contribution is -0.127. The number of nitrogens with one attached hydrogen (secondary N) is 3. The molecule has 0 aromatic heterocycles. The normalized spacial score (nSPS) is 13.6. The van der Waals surface area contributed by atoms with Gasteiger partial charge in [-0.05, 0) is 63.1 Å². The van der Waals surface area contributed by atoms with Gasteiger partial charge in [0, 0.05) is 19.6 Å². The third kappa shape index (κ3) is 12.3. The van der Waals surface area contributed by atoms with Crippen molar-refractivity contribution in [2.45, 2.75) is 77.6 Å². The Kier molecular flexibility index (Phi) is 15.6. The summed E-state index contributed by atoms with van der Waals surface area (Å²) in [6.45, 7) is 15.5. The second kappa shape index (κ2) is 19.1. The number of hydrogen-bond donors (Lipinski definition) is 4. The van der Waals surface area contributed by atoms with Crippen molar-refractivity contribution >= 4 is 17.8 Å². The third-order valence-corrected chi connectivity index (χ3v) is 7.52. The van der Waals surface area contributed by atoms with Gasteiger partial charge in [0.05, 0.1) is 12.1 Å². The zero-order valence-electron chi connectivity index (χ0n) is 27.3. The summed E-state index contributed by atoms with van der Waals surface area (Å²) >= 11 is 0. The average molecular weight is 619 g/mol. The van der Waals surface area contributed by atoms with E-state index in [-0.39, 0.29) is 37.3 Å². The SMILES string of the molecule is C=C/C=C\C(=C)C[C@H](NC(=O)COc1c(C)cccc1C)[C@@H](O)C[C@H](Cc1ccccc1)NC(=O)[C@H](CC)N(C)C(=O)NCC. The van der Waals surface area contributed by atoms with Crippen LogP contribution in [0.2, 0.25) is 0 Å². The van der Waals surface area contributed by atoms with Crippen molar-refractivity contribution < 1.29 is 24.2 Å². The summed E-state index contributed by atoms with van der Waals surface area (Å²) in [5.41, 5.74) is 3.50. The van der Waals surface area contributed by atoms with Crippen LogP contribution in [0.25, 0.3) is 0 Å². The minimum Gasteiger partial charge on any atom is -0.483 e. The first-order chi connectivity index (χ1) is 21.5. The molecule has 0 aliphatic carbocycles. The molecule has 0 heterocycles. The van der Waals surface area contributed by atoms with E-state index in [2.05, 4.69) is 29.1 Å². The van der Waals surface area contributed by atoms with Crippen molar-refractivity contribution in [2.24, 2.45) is 0 Å². The fourth-order valence-electron chi connectivity index (χ4n) is 5.15. The standard InChI is InChI=1S/C36H50N4O5/c1-8-11-16-25(4)21-30(39-33(42)24-45-34-26(5)17-15-18-27(34)6)32(41)23-29(22-28-19-13-12-14-20-28)38-35(43)31(9-2)40(7)36(44)37-10-3/h8,11-20,29-32,41H,1,4,9-10,21-24H2,2-3,5-7H3,(H,37,44)(H,38,43)(H,39,42)/b16-11-/t29-,30-,31-,32-/m0/s1. The highest BCUT2D eigenvalue weighted by Crippen LogP contribution is 2.22. The molecule has 9 heteroatoms. The van der Waals surface area contributed by atoms with Gasteiger partial charge >= 0.3 is 6.03 Å². The van der Waals surface area contributed by atoms with E-state index < -0.39 is 24.2 Å². The van der Waals surface area contributed by atoms with E-state index in [1.165, 1.54) is 4.90 Å². The minimum atomic E-state index is -1.04. The largest absolute Gasteiger partial charge is 0.483 e. The molecule has 0 aliphatic rings. The number of hydrogen-bond acceptors (Lipinski definition) is 5. The van der Waals surface area contributed by atoms with Crippen molar-refractivity contribution in [1.29, 1.82) is 0 Å². The fraction of sp³-hybridized carbons (Fsp3) is 0.417. The van der Waals surface area contributed by atoms with Gasteiger partial charge < -0.3 is 30.7 Å². The Morgan fingerprint density at radius 3 is 2.29 bits per heavy atom. The van der Waals surface area contributed by atoms with E-state index in [1.807, 2.05) is 76.2 Å². The van der Waals surface area contributed by atoms with Gasteiger partial charge in [0.2, 0.25) is 5.91 Å². The monoisotopic (exact) mass is 618 g/mol. The lowest BCUT2D eigenvalue weighted by Gasteiger charge is -2.31. The molecule has 244 valence electrons. The number of likely N-dealkylation sites (N-methyl/N-ethyl adjacent to an activating group) is 1. The maximum Gasteiger partial charge on any atom is 0.317 e. The van der Waals surface area contributed by atoms with Crippen LogP contribution < -0.4 is 20.7 Å². The number of aliphatic hydroxyl groups is 1. The molecule has 0 radical (unpaired) electrons. The van der Waals surface area contributed by atoms with E-state index in [9.17, 15) is 19.5 Å². The quantitative estimate of drug-likeness (QED) is 0.180. The Hall–Kier alpha value is -4.37. The molecular weight excluding hydrogens is 568 g/mol. The summed E-state index contributed by atoms with van der Waals surface area (Å²) in [5, 5.41) is 20.3. The van der Waals surface area contributed by atoms with E-state index in [0.29, 0.717) is 30.7 Å². The van der Waals surface area contributed by atoms with Gasteiger partial charge in [-0.1, -0.05) is 92.4 Å². The van der Waals surface area contributed by atoms with Crippen LogP contribution in [-0.4, -0.2) is 72.3 Å². The summed E-state index contributed by atoms with van der Waals surface area (Å²) < 4.78 is 5.85. The minimum absolute atomic E-state index is 0.142. The van der Waals surface area contributed by atoms with Crippen LogP contribution in [0.15, 0.2) is 85.5 Å². The predicted molar refractivity (Wildman–Crippen MR) is 180 cm³/mol. The molecule has 0 bridgehead atoms. The van der Waals surface area contributed by atoms with Crippen molar-refractivity contribution in [3.63, 3.8) is 0 Å². The van der Waals surface area contributed by atoms with E-state index in [4.69, 9.17) is 4.74 Å². The molecule has 2 aromatic carbocycles. The highest BCUT2D eigenvalue weighted by atomic mass is 16.5. The van der Waals surface area contributed by atoms with Gasteiger partial charge in [-0.3, -0.25) is 9.59 Å². The van der Waals surface area contributed by atoms with Crippen LogP contribution >= 0.6 is 0 Å². The number of benzene rings is 2. The molecule has 9 nitrogen and oxygen atoms in total. The zero-order chi connectivity index (χ0) is 33.4. The Balaban J connectivity index is 2.27. The van der Waals surface area contributed by atoms with Gasteiger partial charge in [0.1, 0.15) is 11.8 Å². The lowest BCUT2D eigenvalue weighted by atomic mass is 9.93. The van der Waals surface area contributed by atoms with Crippen molar-refractivity contribution in [3.05, 3.63) is 102 Å². The Bertz CT molecular complexity index is 1290. The summed E-state index contributed by atoms with van der Waals surface area (Å²) in [6, 6.07) is 13.2. The first kappa shape index (κ1) is 36.8. The first-order valence-electron chi connectivity index (χ1n) is 15.5. The summed E-state index contributed by atoms with van der Waals surface area (Å²) in [4.78, 5) is 40.5. The summed E-state index contributed by atoms with van der Waals surface area (Å²) in [7, 11) is 1.59. The van der Waals surface area contributed by atoms with E-state index in [1.54, 1.807) is 25.3 Å². The summed E-state index contributed by atoms with van der Waals surface area (Å²) in [5.74, 6) is -0.0578. The van der Waals surface area contributed by atoms with E-state index in [0.717, 1.165) is 16.7 Å². The number of urea groups is 1. The van der Waals surface area contributed by atoms with Crippen LogP contribution in [0.4, 0.5) is 4.79 Å². The number of aryl methyl sites for hydroxylation is 2. The molecule has 0 saturated heterocycles. The van der Waals surface area contributed by atoms with Gasteiger partial charge in [-0.25, -0.2) is 4.79 Å². The van der Waals surface area contributed by atoms with Gasteiger partial charge in [-0.15, -0.1) is 0 Å². The molecular formula is C36H50N4O5. The Morgan fingerprint density at radius 1 is 1.02 bits per heavy atom. The van der Waals surface area contributed by atoms with Crippen LogP contribution in [0.3, 0.4) is 0 Å². The molecule has 45 heavy (non-hydrogen) atoms. The smallest absolute Gasteiger partial charge is 0.317 e. The molecule has 0 aliphatic heterocycles. The lowest BCUT2D eigenvalue weighted by Crippen LogP contribution is -2.54. The van der Waals surface area contributed by atoms with Gasteiger partial charge in [-0.2, -0.15) is 0 Å². The second-order valence-corrected chi connectivity index (χ2v) is 11.2. The highest BCUT2D eigenvalue weighted by molar-refractivity contribution is 5.87. The van der Waals surface area contributed by atoms with Crippen LogP contribution in [0, 0.1) is 13.8 Å². The number of aliphatic hydroxyl groups excluding tert-OH is 1. The molecule has 0 fully saturated rings. The maximum atomic E-state index is 13.5. The first-order valence-corrected chi connectivity index (χ1v) is 15.5. The number of nitrogens with zero attached hydrogens (tertiary/aromatic N) is 1. The van der Waals surface area contributed by atoms with Crippen LogP contribution in [-0.2, 0) is 16.0 Å². The number of amides is 4. The number of carbonyl (C=O) groups is 3. The number of carbonyl (C=O) groups excluding carboxylic acids is 3.